The maximum atomic E-state index is 13.5. The Balaban J connectivity index is 1.55. The second-order valence-corrected chi connectivity index (χ2v) is 7.61. The number of rotatable bonds is 5. The highest BCUT2D eigenvalue weighted by molar-refractivity contribution is 7.11. The lowest BCUT2D eigenvalue weighted by molar-refractivity contribution is 0.628. The first-order valence-corrected chi connectivity index (χ1v) is 10.3. The highest BCUT2D eigenvalue weighted by Crippen LogP contribution is 2.28. The first-order chi connectivity index (χ1) is 14.6. The van der Waals surface area contributed by atoms with Crippen LogP contribution < -0.4 is 5.32 Å². The molecule has 0 spiro atoms. The van der Waals surface area contributed by atoms with E-state index in [0.717, 1.165) is 27.9 Å². The molecule has 0 bridgehead atoms. The smallest absolute Gasteiger partial charge is 0.136 e. The highest BCUT2D eigenvalue weighted by atomic mass is 32.1. The van der Waals surface area contributed by atoms with Gasteiger partial charge in [0, 0.05) is 22.8 Å². The molecule has 0 aliphatic rings. The van der Waals surface area contributed by atoms with Crippen molar-refractivity contribution >= 4 is 22.6 Å². The van der Waals surface area contributed by atoms with Crippen LogP contribution in [0.15, 0.2) is 84.4 Å². The molecule has 0 aliphatic heterocycles. The predicted octanol–water partition coefficient (Wildman–Crippen LogP) is 6.90. The summed E-state index contributed by atoms with van der Waals surface area (Å²) in [5, 5.41) is 15.1. The number of aryl methyl sites for hydroxylation is 1. The van der Waals surface area contributed by atoms with E-state index < -0.39 is 0 Å². The number of hydrogen-bond donors (Lipinski definition) is 1. The summed E-state index contributed by atoms with van der Waals surface area (Å²) in [7, 11) is 0. The molecule has 0 fully saturated rings. The summed E-state index contributed by atoms with van der Waals surface area (Å²) < 4.78 is 13.5. The zero-order valence-electron chi connectivity index (χ0n) is 16.3. The van der Waals surface area contributed by atoms with E-state index in [0.29, 0.717) is 16.3 Å². The van der Waals surface area contributed by atoms with Crippen LogP contribution in [0, 0.1) is 24.1 Å². The zero-order chi connectivity index (χ0) is 20.9. The maximum absolute atomic E-state index is 13.5. The first-order valence-electron chi connectivity index (χ1n) is 9.39. The van der Waals surface area contributed by atoms with Gasteiger partial charge in [0.25, 0.3) is 0 Å². The predicted molar refractivity (Wildman–Crippen MR) is 121 cm³/mol. The van der Waals surface area contributed by atoms with Gasteiger partial charge < -0.3 is 5.32 Å². The van der Waals surface area contributed by atoms with Gasteiger partial charge in [-0.15, -0.1) is 11.3 Å². The fraction of sp³-hybridized carbons (Fsp3) is 0.0400. The van der Waals surface area contributed by atoms with Gasteiger partial charge in [0.05, 0.1) is 5.69 Å². The molecule has 3 nitrogen and oxygen atoms in total. The highest BCUT2D eigenvalue weighted by Gasteiger charge is 2.10. The number of thiazole rings is 1. The quantitative estimate of drug-likeness (QED) is 0.363. The van der Waals surface area contributed by atoms with Crippen molar-refractivity contribution in [2.45, 2.75) is 6.92 Å². The number of hydrogen-bond acceptors (Lipinski definition) is 4. The molecule has 0 radical (unpaired) electrons. The van der Waals surface area contributed by atoms with E-state index in [4.69, 9.17) is 0 Å². The van der Waals surface area contributed by atoms with Crippen LogP contribution >= 0.6 is 11.3 Å². The zero-order valence-corrected chi connectivity index (χ0v) is 17.1. The molecule has 1 N–H and O–H groups in total. The number of halogens is 1. The molecule has 0 atom stereocenters. The first kappa shape index (κ1) is 19.6. The van der Waals surface area contributed by atoms with Crippen LogP contribution in [0.4, 0.5) is 10.1 Å². The molecular weight excluding hydrogens is 393 g/mol. The summed E-state index contributed by atoms with van der Waals surface area (Å²) in [6.45, 7) is 1.88. The van der Waals surface area contributed by atoms with Gasteiger partial charge in [-0.25, -0.2) is 9.37 Å². The van der Waals surface area contributed by atoms with Crippen molar-refractivity contribution in [3.8, 4) is 28.5 Å². The molecule has 3 aromatic carbocycles. The van der Waals surface area contributed by atoms with E-state index in [-0.39, 0.29) is 5.82 Å². The average molecular weight is 412 g/mol. The molecule has 4 rings (SSSR count). The molecule has 0 aliphatic carbocycles. The van der Waals surface area contributed by atoms with Crippen LogP contribution in [0.25, 0.3) is 28.0 Å². The van der Waals surface area contributed by atoms with E-state index >= 15 is 0 Å². The number of nitriles is 1. The number of aromatic nitrogens is 1. The maximum Gasteiger partial charge on any atom is 0.136 e. The molecule has 30 heavy (non-hydrogen) atoms. The Bertz CT molecular complexity index is 1240. The molecule has 0 saturated heterocycles. The lowest BCUT2D eigenvalue weighted by atomic mass is 10.0. The van der Waals surface area contributed by atoms with Crippen molar-refractivity contribution in [3.63, 3.8) is 0 Å². The molecule has 146 valence electrons. The van der Waals surface area contributed by atoms with Crippen LogP contribution in [-0.2, 0) is 0 Å². The summed E-state index contributed by atoms with van der Waals surface area (Å²) in [5.41, 5.74) is 6.02. The summed E-state index contributed by atoms with van der Waals surface area (Å²) in [6.07, 6.45) is 1.57. The van der Waals surface area contributed by atoms with E-state index in [9.17, 15) is 9.65 Å². The van der Waals surface area contributed by atoms with Crippen molar-refractivity contribution in [3.05, 3.63) is 101 Å². The van der Waals surface area contributed by atoms with E-state index in [1.165, 1.54) is 23.5 Å². The van der Waals surface area contributed by atoms with Crippen LogP contribution in [0.3, 0.4) is 0 Å². The Hall–Kier alpha value is -3.75. The Kier molecular flexibility index (Phi) is 5.69. The Labute approximate surface area is 178 Å². The van der Waals surface area contributed by atoms with Crippen molar-refractivity contribution in [2.24, 2.45) is 0 Å². The minimum atomic E-state index is -0.328. The molecule has 1 heterocycles. The van der Waals surface area contributed by atoms with E-state index in [1.54, 1.807) is 12.3 Å². The van der Waals surface area contributed by atoms with Gasteiger partial charge in [-0.3, -0.25) is 0 Å². The Morgan fingerprint density at radius 1 is 1.00 bits per heavy atom. The molecule has 0 unspecified atom stereocenters. The van der Waals surface area contributed by atoms with Gasteiger partial charge in [0.15, 0.2) is 0 Å². The van der Waals surface area contributed by atoms with Crippen LogP contribution in [0.1, 0.15) is 10.6 Å². The van der Waals surface area contributed by atoms with Gasteiger partial charge in [-0.1, -0.05) is 60.7 Å². The number of benzene rings is 3. The summed E-state index contributed by atoms with van der Waals surface area (Å²) in [5.74, 6) is -0.328. The molecule has 0 amide bonds. The Morgan fingerprint density at radius 3 is 2.43 bits per heavy atom. The van der Waals surface area contributed by atoms with Gasteiger partial charge in [-0.2, -0.15) is 5.26 Å². The Morgan fingerprint density at radius 2 is 1.70 bits per heavy atom. The van der Waals surface area contributed by atoms with Crippen molar-refractivity contribution < 1.29 is 4.39 Å². The SMILES string of the molecule is Cc1ccc(F)cc1N/C=C(\C#N)c1nc(-c2ccc(-c3ccccc3)cc2)cs1. The topological polar surface area (TPSA) is 48.7 Å². The number of allylic oxidation sites excluding steroid dienone is 1. The summed E-state index contributed by atoms with van der Waals surface area (Å²) >= 11 is 1.40. The van der Waals surface area contributed by atoms with Crippen LogP contribution in [0.5, 0.6) is 0 Å². The fourth-order valence-corrected chi connectivity index (χ4v) is 3.83. The minimum Gasteiger partial charge on any atom is -0.360 e. The number of nitrogens with zero attached hydrogens (tertiary/aromatic N) is 2. The molecule has 5 heteroatoms. The third-order valence-corrected chi connectivity index (χ3v) is 5.59. The molecule has 1 aromatic heterocycles. The van der Waals surface area contributed by atoms with Crippen LogP contribution in [0.2, 0.25) is 0 Å². The van der Waals surface area contributed by atoms with Crippen molar-refractivity contribution in [1.82, 2.24) is 4.98 Å². The largest absolute Gasteiger partial charge is 0.360 e. The number of nitrogens with one attached hydrogen (secondary N) is 1. The van der Waals surface area contributed by atoms with Gasteiger partial charge >= 0.3 is 0 Å². The van der Waals surface area contributed by atoms with Crippen LogP contribution in [-0.4, -0.2) is 4.98 Å². The van der Waals surface area contributed by atoms with Crippen molar-refractivity contribution in [1.29, 1.82) is 5.26 Å². The molecule has 4 aromatic rings. The van der Waals surface area contributed by atoms with Crippen molar-refractivity contribution in [2.75, 3.05) is 5.32 Å². The summed E-state index contributed by atoms with van der Waals surface area (Å²) in [6, 6.07) is 25.1. The van der Waals surface area contributed by atoms with Gasteiger partial charge in [0.2, 0.25) is 0 Å². The van der Waals surface area contributed by atoms with Gasteiger partial charge in [-0.05, 0) is 35.7 Å². The average Bonchev–Trinajstić information content (AvgIpc) is 3.27. The molecule has 0 saturated carbocycles. The summed E-state index contributed by atoms with van der Waals surface area (Å²) in [4.78, 5) is 4.62. The van der Waals surface area contributed by atoms with Gasteiger partial charge in [0.1, 0.15) is 22.5 Å². The monoisotopic (exact) mass is 411 g/mol. The lowest BCUT2D eigenvalue weighted by Crippen LogP contribution is -1.94. The standard InChI is InChI=1S/C25H18FN3S/c1-17-7-12-22(26)13-23(17)28-15-21(14-27)25-29-24(16-30-25)20-10-8-19(9-11-20)18-5-3-2-4-6-18/h2-13,15-16,28H,1H3/b21-15+. The fourth-order valence-electron chi connectivity index (χ4n) is 3.04. The lowest BCUT2D eigenvalue weighted by Gasteiger charge is -2.05. The normalized spacial score (nSPS) is 11.2. The van der Waals surface area contributed by atoms with E-state index in [1.807, 2.05) is 42.6 Å². The third kappa shape index (κ3) is 4.29. The second kappa shape index (κ2) is 8.73. The minimum absolute atomic E-state index is 0.328. The third-order valence-electron chi connectivity index (χ3n) is 4.71. The number of anilines is 1. The molecular formula is C25H18FN3S. The van der Waals surface area contributed by atoms with E-state index in [2.05, 4.69) is 40.6 Å². The second-order valence-electron chi connectivity index (χ2n) is 6.75.